The number of pyridine rings is 1. The van der Waals surface area contributed by atoms with Crippen molar-refractivity contribution in [3.8, 4) is 0 Å². The third-order valence-corrected chi connectivity index (χ3v) is 3.48. The average Bonchev–Trinajstić information content (AvgIpc) is 2.58. The Morgan fingerprint density at radius 1 is 0.870 bits per heavy atom. The second-order valence-corrected chi connectivity index (χ2v) is 5.19. The first kappa shape index (κ1) is 14.9. The lowest BCUT2D eigenvalue weighted by atomic mass is 10.1. The van der Waals surface area contributed by atoms with Crippen molar-refractivity contribution in [1.82, 2.24) is 4.98 Å². The molecule has 0 aliphatic heterocycles. The van der Waals surface area contributed by atoms with E-state index in [2.05, 4.69) is 10.3 Å². The maximum atomic E-state index is 12.9. The second-order valence-electron chi connectivity index (χ2n) is 5.19. The molecule has 0 fully saturated rings. The molecule has 1 heterocycles. The highest BCUT2D eigenvalue weighted by Crippen LogP contribution is 2.14. The van der Waals surface area contributed by atoms with Crippen molar-refractivity contribution in [2.75, 3.05) is 5.32 Å². The number of nitrogens with one attached hydrogen (secondary N) is 1. The first-order valence-corrected chi connectivity index (χ1v) is 7.25. The number of carbonyl (C=O) groups is 1. The number of nitrogens with zero attached hydrogens (tertiary/aromatic N) is 1. The van der Waals surface area contributed by atoms with E-state index in [-0.39, 0.29) is 11.7 Å². The molecule has 1 N–H and O–H groups in total. The van der Waals surface area contributed by atoms with Crippen LogP contribution in [0.4, 0.5) is 10.1 Å². The van der Waals surface area contributed by atoms with Crippen LogP contribution in [-0.2, 0) is 6.42 Å². The Bertz CT molecular complexity index is 784. The Balaban J connectivity index is 1.65. The van der Waals surface area contributed by atoms with Gasteiger partial charge in [0.2, 0.25) is 0 Å². The molecule has 4 heteroatoms. The van der Waals surface area contributed by atoms with E-state index in [1.807, 2.05) is 36.4 Å². The fourth-order valence-corrected chi connectivity index (χ4v) is 2.25. The molecule has 0 aliphatic carbocycles. The summed E-state index contributed by atoms with van der Waals surface area (Å²) in [6.45, 7) is 0. The van der Waals surface area contributed by atoms with Crippen LogP contribution in [0.3, 0.4) is 0 Å². The molecular weight excluding hydrogens is 291 g/mol. The van der Waals surface area contributed by atoms with Gasteiger partial charge in [0.25, 0.3) is 5.91 Å². The van der Waals surface area contributed by atoms with Gasteiger partial charge in [-0.1, -0.05) is 12.1 Å². The van der Waals surface area contributed by atoms with E-state index in [4.69, 9.17) is 0 Å². The van der Waals surface area contributed by atoms with Crippen molar-refractivity contribution in [2.45, 2.75) is 6.42 Å². The monoisotopic (exact) mass is 306 g/mol. The zero-order valence-electron chi connectivity index (χ0n) is 12.4. The third kappa shape index (κ3) is 4.01. The summed E-state index contributed by atoms with van der Waals surface area (Å²) in [4.78, 5) is 16.1. The van der Waals surface area contributed by atoms with E-state index in [1.54, 1.807) is 12.4 Å². The Kier molecular flexibility index (Phi) is 4.43. The van der Waals surface area contributed by atoms with Crippen LogP contribution in [0, 0.1) is 5.82 Å². The van der Waals surface area contributed by atoms with E-state index >= 15 is 0 Å². The molecule has 0 aliphatic rings. The van der Waals surface area contributed by atoms with Gasteiger partial charge in [-0.3, -0.25) is 9.78 Å². The quantitative estimate of drug-likeness (QED) is 0.789. The number of carbonyl (C=O) groups excluding carboxylic acids is 1. The Labute approximate surface area is 133 Å². The van der Waals surface area contributed by atoms with E-state index in [1.165, 1.54) is 29.8 Å². The predicted octanol–water partition coefficient (Wildman–Crippen LogP) is 4.06. The number of rotatable bonds is 4. The van der Waals surface area contributed by atoms with Crippen molar-refractivity contribution in [3.63, 3.8) is 0 Å². The van der Waals surface area contributed by atoms with Crippen molar-refractivity contribution in [2.24, 2.45) is 0 Å². The predicted molar refractivity (Wildman–Crippen MR) is 87.8 cm³/mol. The normalized spacial score (nSPS) is 10.3. The Morgan fingerprint density at radius 2 is 1.48 bits per heavy atom. The topological polar surface area (TPSA) is 42.0 Å². The van der Waals surface area contributed by atoms with Gasteiger partial charge in [-0.25, -0.2) is 4.39 Å². The van der Waals surface area contributed by atoms with Crippen LogP contribution in [-0.4, -0.2) is 10.9 Å². The van der Waals surface area contributed by atoms with Gasteiger partial charge in [0.05, 0.1) is 0 Å². The molecule has 3 nitrogen and oxygen atoms in total. The zero-order chi connectivity index (χ0) is 16.1. The van der Waals surface area contributed by atoms with Crippen molar-refractivity contribution in [1.29, 1.82) is 0 Å². The molecule has 1 aromatic heterocycles. The van der Waals surface area contributed by atoms with Gasteiger partial charge in [0, 0.05) is 23.6 Å². The minimum absolute atomic E-state index is 0.258. The van der Waals surface area contributed by atoms with Crippen LogP contribution in [0.25, 0.3) is 0 Å². The van der Waals surface area contributed by atoms with E-state index < -0.39 is 0 Å². The molecule has 0 unspecified atom stereocenters. The van der Waals surface area contributed by atoms with Crippen LogP contribution in [0.1, 0.15) is 21.5 Å². The van der Waals surface area contributed by atoms with Crippen molar-refractivity contribution >= 4 is 11.6 Å². The van der Waals surface area contributed by atoms with Gasteiger partial charge in [0.1, 0.15) is 5.82 Å². The average molecular weight is 306 g/mol. The molecule has 114 valence electrons. The SMILES string of the molecule is O=C(Nc1ccc(Cc2ccncc2)cc1)c1ccc(F)cc1. The number of anilines is 1. The van der Waals surface area contributed by atoms with Crippen LogP contribution in [0.15, 0.2) is 73.1 Å². The van der Waals surface area contributed by atoms with E-state index in [0.717, 1.165) is 12.0 Å². The molecule has 23 heavy (non-hydrogen) atoms. The van der Waals surface area contributed by atoms with Crippen molar-refractivity contribution < 1.29 is 9.18 Å². The van der Waals surface area contributed by atoms with Gasteiger partial charge in [-0.05, 0) is 66.1 Å². The molecular formula is C19H15FN2O. The number of hydrogen-bond acceptors (Lipinski definition) is 2. The number of hydrogen-bond donors (Lipinski definition) is 1. The smallest absolute Gasteiger partial charge is 0.255 e. The first-order valence-electron chi connectivity index (χ1n) is 7.25. The molecule has 0 radical (unpaired) electrons. The number of halogens is 1. The largest absolute Gasteiger partial charge is 0.322 e. The lowest BCUT2D eigenvalue weighted by molar-refractivity contribution is 0.102. The molecule has 0 spiro atoms. The maximum Gasteiger partial charge on any atom is 0.255 e. The van der Waals surface area contributed by atoms with Crippen LogP contribution >= 0.6 is 0 Å². The fraction of sp³-hybridized carbons (Fsp3) is 0.0526. The molecule has 0 bridgehead atoms. The summed E-state index contributed by atoms with van der Waals surface area (Å²) in [5.74, 6) is -0.617. The van der Waals surface area contributed by atoms with Crippen LogP contribution in [0.5, 0.6) is 0 Å². The van der Waals surface area contributed by atoms with Gasteiger partial charge >= 0.3 is 0 Å². The molecule has 0 atom stereocenters. The summed E-state index contributed by atoms with van der Waals surface area (Å²) in [6.07, 6.45) is 4.36. The van der Waals surface area contributed by atoms with Crippen LogP contribution in [0.2, 0.25) is 0 Å². The maximum absolute atomic E-state index is 12.9. The highest BCUT2D eigenvalue weighted by molar-refractivity contribution is 6.04. The molecule has 1 amide bonds. The van der Waals surface area contributed by atoms with Gasteiger partial charge in [-0.15, -0.1) is 0 Å². The fourth-order valence-electron chi connectivity index (χ4n) is 2.25. The van der Waals surface area contributed by atoms with Gasteiger partial charge in [0.15, 0.2) is 0 Å². The second kappa shape index (κ2) is 6.83. The molecule has 3 aromatic rings. The lowest BCUT2D eigenvalue weighted by Gasteiger charge is -2.07. The molecule has 0 saturated heterocycles. The van der Waals surface area contributed by atoms with Crippen LogP contribution < -0.4 is 5.32 Å². The Morgan fingerprint density at radius 3 is 2.13 bits per heavy atom. The first-order chi connectivity index (χ1) is 11.2. The standard InChI is InChI=1S/C19H15FN2O/c20-17-5-3-16(4-6-17)19(23)22-18-7-1-14(2-8-18)13-15-9-11-21-12-10-15/h1-12H,13H2,(H,22,23). The lowest BCUT2D eigenvalue weighted by Crippen LogP contribution is -2.11. The van der Waals surface area contributed by atoms with Gasteiger partial charge in [-0.2, -0.15) is 0 Å². The number of benzene rings is 2. The summed E-state index contributed by atoms with van der Waals surface area (Å²) >= 11 is 0. The summed E-state index contributed by atoms with van der Waals surface area (Å²) in [7, 11) is 0. The van der Waals surface area contributed by atoms with Crippen molar-refractivity contribution in [3.05, 3.63) is 95.6 Å². The summed E-state index contributed by atoms with van der Waals surface area (Å²) in [5, 5.41) is 2.80. The molecule has 2 aromatic carbocycles. The Hall–Kier alpha value is -3.01. The summed E-state index contributed by atoms with van der Waals surface area (Å²) in [6, 6.07) is 17.1. The molecule has 0 saturated carbocycles. The van der Waals surface area contributed by atoms with Gasteiger partial charge < -0.3 is 5.32 Å². The highest BCUT2D eigenvalue weighted by Gasteiger charge is 2.06. The molecule has 3 rings (SSSR count). The zero-order valence-corrected chi connectivity index (χ0v) is 12.4. The third-order valence-electron chi connectivity index (χ3n) is 3.48. The summed E-state index contributed by atoms with van der Waals surface area (Å²) in [5.41, 5.74) is 3.46. The number of amides is 1. The van der Waals surface area contributed by atoms with E-state index in [9.17, 15) is 9.18 Å². The van der Waals surface area contributed by atoms with E-state index in [0.29, 0.717) is 11.3 Å². The minimum Gasteiger partial charge on any atom is -0.322 e. The summed E-state index contributed by atoms with van der Waals surface area (Å²) < 4.78 is 12.9. The highest BCUT2D eigenvalue weighted by atomic mass is 19.1. The number of aromatic nitrogens is 1. The minimum atomic E-state index is -0.359.